The second-order valence-electron chi connectivity index (χ2n) is 3.94. The Hall–Kier alpha value is -1.07. The Labute approximate surface area is 109 Å². The van der Waals surface area contributed by atoms with Crippen molar-refractivity contribution >= 4 is 16.6 Å². The fraction of sp³-hybridized carbons (Fsp3) is 0.462. The molecule has 0 saturated heterocycles. The van der Waals surface area contributed by atoms with E-state index in [1.807, 2.05) is 0 Å². The highest BCUT2D eigenvalue weighted by Gasteiger charge is 2.11. The van der Waals surface area contributed by atoms with Crippen molar-refractivity contribution in [1.82, 2.24) is 0 Å². The molecule has 3 nitrogen and oxygen atoms in total. The molecule has 100 valence electrons. The Morgan fingerprint density at radius 2 is 2.11 bits per heavy atom. The minimum atomic E-state index is -1.18. The van der Waals surface area contributed by atoms with Crippen LogP contribution in [-0.4, -0.2) is 35.2 Å². The van der Waals surface area contributed by atoms with Crippen LogP contribution in [0.25, 0.3) is 0 Å². The van der Waals surface area contributed by atoms with E-state index >= 15 is 0 Å². The van der Waals surface area contributed by atoms with Crippen molar-refractivity contribution in [2.45, 2.75) is 12.8 Å². The third kappa shape index (κ3) is 5.51. The first kappa shape index (κ1) is 15.0. The summed E-state index contributed by atoms with van der Waals surface area (Å²) in [6.07, 6.45) is 0.665. The quantitative estimate of drug-likeness (QED) is 0.677. The van der Waals surface area contributed by atoms with Gasteiger partial charge in [0.05, 0.1) is 5.75 Å². The van der Waals surface area contributed by atoms with Gasteiger partial charge in [-0.1, -0.05) is 18.2 Å². The van der Waals surface area contributed by atoms with Crippen molar-refractivity contribution in [2.24, 2.45) is 0 Å². The zero-order valence-electron chi connectivity index (χ0n) is 10.4. The summed E-state index contributed by atoms with van der Waals surface area (Å²) in [4.78, 5) is 11.6. The van der Waals surface area contributed by atoms with Crippen LogP contribution in [0.2, 0.25) is 0 Å². The predicted molar refractivity (Wildman–Crippen MR) is 69.5 cm³/mol. The molecular formula is C13H17FO3S. The summed E-state index contributed by atoms with van der Waals surface area (Å²) in [7, 11) is 0.392. The average molecular weight is 272 g/mol. The van der Waals surface area contributed by atoms with Crippen LogP contribution in [-0.2, 0) is 26.8 Å². The lowest BCUT2D eigenvalue weighted by atomic mass is 10.1. The number of hydrogen-bond acceptors (Lipinski definition) is 3. The van der Waals surface area contributed by atoms with Crippen LogP contribution in [0.3, 0.4) is 0 Å². The summed E-state index contributed by atoms with van der Waals surface area (Å²) in [5.41, 5.74) is 0.358. The van der Waals surface area contributed by atoms with E-state index in [1.165, 1.54) is 6.07 Å². The normalized spacial score (nSPS) is 12.3. The predicted octanol–water partition coefficient (Wildman–Crippen LogP) is 1.72. The van der Waals surface area contributed by atoms with Crippen molar-refractivity contribution in [3.05, 3.63) is 35.6 Å². The van der Waals surface area contributed by atoms with Crippen LogP contribution >= 0.6 is 0 Å². The van der Waals surface area contributed by atoms with E-state index in [2.05, 4.69) is 0 Å². The molecule has 0 N–H and O–H groups in total. The fourth-order valence-corrected chi connectivity index (χ4v) is 2.57. The number of ketones is 1. The lowest BCUT2D eigenvalue weighted by molar-refractivity contribution is -0.116. The number of ether oxygens (including phenoxy) is 1. The van der Waals surface area contributed by atoms with Crippen molar-refractivity contribution < 1.29 is 18.1 Å². The maximum absolute atomic E-state index is 13.3. The number of methoxy groups -OCH3 is 1. The molecule has 0 bridgehead atoms. The highest BCUT2D eigenvalue weighted by atomic mass is 32.2. The lowest BCUT2D eigenvalue weighted by Gasteiger charge is -2.03. The molecule has 1 aromatic rings. The molecule has 0 aliphatic rings. The molecule has 1 unspecified atom stereocenters. The largest absolute Gasteiger partial charge is 0.385 e. The number of Topliss-reactive ketones (excluding diaryl/α,β-unsaturated/α-hetero) is 1. The molecule has 0 aliphatic carbocycles. The molecule has 0 fully saturated rings. The number of benzene rings is 1. The Kier molecular flexibility index (Phi) is 6.75. The molecule has 0 spiro atoms. The Morgan fingerprint density at radius 1 is 1.39 bits per heavy atom. The average Bonchev–Trinajstić information content (AvgIpc) is 2.32. The van der Waals surface area contributed by atoms with Gasteiger partial charge >= 0.3 is 0 Å². The van der Waals surface area contributed by atoms with Gasteiger partial charge in [0.2, 0.25) is 0 Å². The number of carbonyl (C=O) groups is 1. The van der Waals surface area contributed by atoms with Crippen LogP contribution in [0.1, 0.15) is 12.0 Å². The Bertz CT molecular complexity index is 420. The molecule has 0 aliphatic heterocycles. The van der Waals surface area contributed by atoms with Gasteiger partial charge in [-0.25, -0.2) is 4.39 Å². The zero-order valence-corrected chi connectivity index (χ0v) is 11.2. The first-order valence-electron chi connectivity index (χ1n) is 5.72. The molecule has 0 radical (unpaired) electrons. The molecule has 1 atom stereocenters. The standard InChI is InChI=1S/C13H17FO3S/c1-17-7-4-8-18(16)10-12(15)9-11-5-2-3-6-13(11)14/h2-3,5-6H,4,7-10H2,1H3. The second kappa shape index (κ2) is 8.11. The van der Waals surface area contributed by atoms with Gasteiger partial charge in [0, 0.05) is 36.7 Å². The van der Waals surface area contributed by atoms with Gasteiger partial charge in [0.1, 0.15) is 11.6 Å². The number of hydrogen-bond donors (Lipinski definition) is 0. The van der Waals surface area contributed by atoms with Crippen LogP contribution in [0, 0.1) is 5.82 Å². The summed E-state index contributed by atoms with van der Waals surface area (Å²) < 4.78 is 29.7. The van der Waals surface area contributed by atoms with Gasteiger partial charge in [-0.15, -0.1) is 0 Å². The SMILES string of the molecule is COCCCS(=O)CC(=O)Cc1ccccc1F. The summed E-state index contributed by atoms with van der Waals surface area (Å²) in [6.45, 7) is 0.535. The van der Waals surface area contributed by atoms with Gasteiger partial charge in [0.15, 0.2) is 0 Å². The Balaban J connectivity index is 2.38. The van der Waals surface area contributed by atoms with Gasteiger partial charge in [-0.2, -0.15) is 0 Å². The van der Waals surface area contributed by atoms with Crippen LogP contribution in [0.15, 0.2) is 24.3 Å². The minimum absolute atomic E-state index is 0.00267. The van der Waals surface area contributed by atoms with E-state index in [1.54, 1.807) is 25.3 Å². The smallest absolute Gasteiger partial charge is 0.149 e. The molecule has 0 heterocycles. The topological polar surface area (TPSA) is 43.4 Å². The number of rotatable bonds is 8. The first-order valence-corrected chi connectivity index (χ1v) is 7.21. The highest BCUT2D eigenvalue weighted by Crippen LogP contribution is 2.07. The lowest BCUT2D eigenvalue weighted by Crippen LogP contribution is -2.16. The van der Waals surface area contributed by atoms with Gasteiger partial charge in [-0.3, -0.25) is 9.00 Å². The molecule has 0 amide bonds. The van der Waals surface area contributed by atoms with Crippen molar-refractivity contribution in [3.8, 4) is 0 Å². The third-order valence-electron chi connectivity index (χ3n) is 2.39. The maximum atomic E-state index is 13.3. The minimum Gasteiger partial charge on any atom is -0.385 e. The van der Waals surface area contributed by atoms with E-state index in [0.29, 0.717) is 24.3 Å². The first-order chi connectivity index (χ1) is 8.63. The van der Waals surface area contributed by atoms with Crippen LogP contribution < -0.4 is 0 Å². The Morgan fingerprint density at radius 3 is 2.78 bits per heavy atom. The third-order valence-corrected chi connectivity index (χ3v) is 3.78. The van der Waals surface area contributed by atoms with Crippen molar-refractivity contribution in [2.75, 3.05) is 25.2 Å². The molecule has 0 saturated carbocycles. The van der Waals surface area contributed by atoms with E-state index in [9.17, 15) is 13.4 Å². The number of halogens is 1. The molecule has 5 heteroatoms. The maximum Gasteiger partial charge on any atom is 0.149 e. The highest BCUT2D eigenvalue weighted by molar-refractivity contribution is 7.85. The van der Waals surface area contributed by atoms with Gasteiger partial charge in [0.25, 0.3) is 0 Å². The number of carbonyl (C=O) groups excluding carboxylic acids is 1. The van der Waals surface area contributed by atoms with Crippen LogP contribution in [0.5, 0.6) is 0 Å². The summed E-state index contributed by atoms with van der Waals surface area (Å²) >= 11 is 0. The van der Waals surface area contributed by atoms with E-state index in [-0.39, 0.29) is 18.0 Å². The van der Waals surface area contributed by atoms with Crippen molar-refractivity contribution in [1.29, 1.82) is 0 Å². The van der Waals surface area contributed by atoms with Crippen LogP contribution in [0.4, 0.5) is 4.39 Å². The molecule has 1 aromatic carbocycles. The van der Waals surface area contributed by atoms with Crippen molar-refractivity contribution in [3.63, 3.8) is 0 Å². The summed E-state index contributed by atoms with van der Waals surface area (Å²) in [5.74, 6) is -0.165. The summed E-state index contributed by atoms with van der Waals surface area (Å²) in [6, 6.07) is 6.15. The zero-order chi connectivity index (χ0) is 13.4. The van der Waals surface area contributed by atoms with E-state index in [0.717, 1.165) is 0 Å². The van der Waals surface area contributed by atoms with E-state index < -0.39 is 16.6 Å². The van der Waals surface area contributed by atoms with E-state index in [4.69, 9.17) is 4.74 Å². The van der Waals surface area contributed by atoms with Gasteiger partial charge in [-0.05, 0) is 18.1 Å². The molecule has 1 rings (SSSR count). The molecule has 18 heavy (non-hydrogen) atoms. The monoisotopic (exact) mass is 272 g/mol. The fourth-order valence-electron chi connectivity index (χ4n) is 1.52. The van der Waals surface area contributed by atoms with Gasteiger partial charge < -0.3 is 4.74 Å². The molecule has 0 aromatic heterocycles. The summed E-state index contributed by atoms with van der Waals surface area (Å²) in [5, 5.41) is 0. The molecular weight excluding hydrogens is 255 g/mol. The second-order valence-corrected chi connectivity index (χ2v) is 5.52.